The van der Waals surface area contributed by atoms with Crippen LogP contribution in [0.2, 0.25) is 5.02 Å². The second-order valence-corrected chi connectivity index (χ2v) is 5.92. The van der Waals surface area contributed by atoms with Crippen LogP contribution in [0.4, 0.5) is 10.3 Å². The largest absolute Gasteiger partial charge is 0.369 e. The third-order valence-corrected chi connectivity index (χ3v) is 4.40. The lowest BCUT2D eigenvalue weighted by Gasteiger charge is -2.28. The molecule has 1 aliphatic rings. The predicted molar refractivity (Wildman–Crippen MR) is 75.8 cm³/mol. The Balaban J connectivity index is 2.07. The third-order valence-electron chi connectivity index (χ3n) is 4.11. The number of benzene rings is 1. The second kappa shape index (κ2) is 4.67. The first kappa shape index (κ1) is 12.7. The average molecular weight is 282 g/mol. The molecule has 0 aliphatic heterocycles. The van der Waals surface area contributed by atoms with Gasteiger partial charge >= 0.3 is 0 Å². The van der Waals surface area contributed by atoms with E-state index in [0.29, 0.717) is 17.5 Å². The van der Waals surface area contributed by atoms with E-state index in [2.05, 4.69) is 11.9 Å². The lowest BCUT2D eigenvalue weighted by molar-refractivity contribution is 0.296. The van der Waals surface area contributed by atoms with Crippen molar-refractivity contribution in [1.82, 2.24) is 9.55 Å². The minimum absolute atomic E-state index is 0.123. The number of aromatic nitrogens is 2. The van der Waals surface area contributed by atoms with E-state index in [1.54, 1.807) is 6.07 Å². The van der Waals surface area contributed by atoms with Gasteiger partial charge in [-0.1, -0.05) is 18.5 Å². The number of anilines is 1. The van der Waals surface area contributed by atoms with Crippen molar-refractivity contribution in [3.05, 3.63) is 23.0 Å². The minimum atomic E-state index is -0.448. The van der Waals surface area contributed by atoms with Gasteiger partial charge in [-0.15, -0.1) is 0 Å². The van der Waals surface area contributed by atoms with Gasteiger partial charge in [-0.25, -0.2) is 9.37 Å². The van der Waals surface area contributed by atoms with Crippen LogP contribution in [0.5, 0.6) is 0 Å². The summed E-state index contributed by atoms with van der Waals surface area (Å²) >= 11 is 5.87. The Morgan fingerprint density at radius 3 is 2.68 bits per heavy atom. The van der Waals surface area contributed by atoms with Crippen molar-refractivity contribution in [2.24, 2.45) is 5.92 Å². The van der Waals surface area contributed by atoms with Gasteiger partial charge in [0.1, 0.15) is 5.82 Å². The van der Waals surface area contributed by atoms with Crippen molar-refractivity contribution in [3.63, 3.8) is 0 Å². The van der Waals surface area contributed by atoms with E-state index in [0.717, 1.165) is 24.3 Å². The second-order valence-electron chi connectivity index (χ2n) is 5.51. The highest BCUT2D eigenvalue weighted by molar-refractivity contribution is 6.31. The van der Waals surface area contributed by atoms with Gasteiger partial charge in [-0.3, -0.25) is 0 Å². The molecule has 0 spiro atoms. The monoisotopic (exact) mass is 281 g/mol. The molecule has 1 aliphatic carbocycles. The number of rotatable bonds is 1. The molecule has 3 nitrogen and oxygen atoms in total. The highest BCUT2D eigenvalue weighted by Crippen LogP contribution is 2.36. The van der Waals surface area contributed by atoms with Gasteiger partial charge in [0, 0.05) is 12.1 Å². The first-order chi connectivity index (χ1) is 9.06. The summed E-state index contributed by atoms with van der Waals surface area (Å²) in [7, 11) is 0. The Morgan fingerprint density at radius 1 is 1.32 bits per heavy atom. The van der Waals surface area contributed by atoms with Gasteiger partial charge in [0.25, 0.3) is 0 Å². The third kappa shape index (κ3) is 2.18. The summed E-state index contributed by atoms with van der Waals surface area (Å²) in [6.07, 6.45) is 4.56. The van der Waals surface area contributed by atoms with Crippen LogP contribution in [0.25, 0.3) is 11.0 Å². The van der Waals surface area contributed by atoms with Crippen LogP contribution in [0.3, 0.4) is 0 Å². The van der Waals surface area contributed by atoms with Crippen molar-refractivity contribution < 1.29 is 4.39 Å². The Kier molecular flexibility index (Phi) is 3.13. The van der Waals surface area contributed by atoms with Crippen LogP contribution in [0, 0.1) is 11.7 Å². The van der Waals surface area contributed by atoms with Crippen molar-refractivity contribution in [3.8, 4) is 0 Å². The number of hydrogen-bond acceptors (Lipinski definition) is 2. The summed E-state index contributed by atoms with van der Waals surface area (Å²) in [6.45, 7) is 2.28. The summed E-state index contributed by atoms with van der Waals surface area (Å²) in [5.41, 5.74) is 7.42. The topological polar surface area (TPSA) is 43.8 Å². The first-order valence-corrected chi connectivity index (χ1v) is 7.06. The summed E-state index contributed by atoms with van der Waals surface area (Å²) in [5.74, 6) is 0.778. The fourth-order valence-electron chi connectivity index (χ4n) is 2.99. The van der Waals surface area contributed by atoms with Gasteiger partial charge in [-0.05, 0) is 37.7 Å². The molecule has 1 aromatic heterocycles. The van der Waals surface area contributed by atoms with E-state index in [9.17, 15) is 4.39 Å². The van der Waals surface area contributed by atoms with Crippen LogP contribution in [-0.4, -0.2) is 9.55 Å². The number of imidazole rings is 1. The molecule has 1 saturated carbocycles. The van der Waals surface area contributed by atoms with Crippen LogP contribution < -0.4 is 5.73 Å². The summed E-state index contributed by atoms with van der Waals surface area (Å²) in [6, 6.07) is 3.34. The highest BCUT2D eigenvalue weighted by atomic mass is 35.5. The molecule has 0 amide bonds. The molecule has 0 radical (unpaired) electrons. The number of hydrogen-bond donors (Lipinski definition) is 1. The van der Waals surface area contributed by atoms with Crippen LogP contribution in [0.15, 0.2) is 12.1 Å². The average Bonchev–Trinajstić information content (AvgIpc) is 2.67. The molecule has 19 heavy (non-hydrogen) atoms. The van der Waals surface area contributed by atoms with Gasteiger partial charge in [0.2, 0.25) is 5.95 Å². The van der Waals surface area contributed by atoms with Crippen LogP contribution in [-0.2, 0) is 0 Å². The number of halogens is 2. The van der Waals surface area contributed by atoms with E-state index in [-0.39, 0.29) is 5.02 Å². The molecule has 1 fully saturated rings. The number of nitrogen functional groups attached to an aromatic ring is 1. The van der Waals surface area contributed by atoms with E-state index in [1.807, 2.05) is 4.57 Å². The molecule has 102 valence electrons. The molecule has 0 saturated heterocycles. The maximum absolute atomic E-state index is 13.5. The van der Waals surface area contributed by atoms with Gasteiger partial charge in [0.15, 0.2) is 0 Å². The zero-order valence-corrected chi connectivity index (χ0v) is 11.6. The first-order valence-electron chi connectivity index (χ1n) is 6.68. The standard InChI is InChI=1S/C14H17ClFN3/c1-8-2-4-9(5-3-8)19-13-6-10(15)11(16)7-12(13)18-14(19)17/h6-9H,2-5H2,1H3,(H2,17,18). The normalized spacial score (nSPS) is 23.9. The summed E-state index contributed by atoms with van der Waals surface area (Å²) in [4.78, 5) is 4.25. The Hall–Kier alpha value is -1.29. The molecule has 1 heterocycles. The molecule has 0 bridgehead atoms. The van der Waals surface area contributed by atoms with E-state index in [4.69, 9.17) is 17.3 Å². The van der Waals surface area contributed by atoms with Gasteiger partial charge in [0.05, 0.1) is 16.1 Å². The molecular weight excluding hydrogens is 265 g/mol. The number of nitrogens with two attached hydrogens (primary N) is 1. The molecular formula is C14H17ClFN3. The molecule has 0 atom stereocenters. The Morgan fingerprint density at radius 2 is 2.00 bits per heavy atom. The Bertz CT molecular complexity index is 615. The van der Waals surface area contributed by atoms with Crippen molar-refractivity contribution in [2.45, 2.75) is 38.6 Å². The van der Waals surface area contributed by atoms with Gasteiger partial charge in [-0.2, -0.15) is 0 Å². The summed E-state index contributed by atoms with van der Waals surface area (Å²) < 4.78 is 15.5. The van der Waals surface area contributed by atoms with Crippen molar-refractivity contribution in [1.29, 1.82) is 0 Å². The summed E-state index contributed by atoms with van der Waals surface area (Å²) in [5, 5.41) is 0.123. The molecule has 2 N–H and O–H groups in total. The SMILES string of the molecule is CC1CCC(n2c(N)nc3cc(F)c(Cl)cc32)CC1. The van der Waals surface area contributed by atoms with E-state index >= 15 is 0 Å². The number of fused-ring (bicyclic) bond motifs is 1. The zero-order chi connectivity index (χ0) is 13.6. The Labute approximate surface area is 116 Å². The quantitative estimate of drug-likeness (QED) is 0.853. The molecule has 0 unspecified atom stereocenters. The van der Waals surface area contributed by atoms with E-state index < -0.39 is 5.82 Å². The predicted octanol–water partition coefficient (Wildman–Crippen LogP) is 4.16. The maximum atomic E-state index is 13.5. The maximum Gasteiger partial charge on any atom is 0.201 e. The smallest absolute Gasteiger partial charge is 0.201 e. The van der Waals surface area contributed by atoms with Crippen molar-refractivity contribution >= 4 is 28.6 Å². The number of nitrogens with zero attached hydrogens (tertiary/aromatic N) is 2. The molecule has 2 aromatic rings. The van der Waals surface area contributed by atoms with Gasteiger partial charge < -0.3 is 10.3 Å². The fourth-order valence-corrected chi connectivity index (χ4v) is 3.15. The van der Waals surface area contributed by atoms with E-state index in [1.165, 1.54) is 18.9 Å². The zero-order valence-electron chi connectivity index (χ0n) is 10.9. The minimum Gasteiger partial charge on any atom is -0.369 e. The molecule has 3 rings (SSSR count). The lowest BCUT2D eigenvalue weighted by Crippen LogP contribution is -2.18. The molecule has 5 heteroatoms. The lowest BCUT2D eigenvalue weighted by atomic mass is 9.87. The molecule has 1 aromatic carbocycles. The van der Waals surface area contributed by atoms with Crippen LogP contribution >= 0.6 is 11.6 Å². The van der Waals surface area contributed by atoms with Crippen LogP contribution in [0.1, 0.15) is 38.6 Å². The highest BCUT2D eigenvalue weighted by Gasteiger charge is 2.23. The van der Waals surface area contributed by atoms with Crippen molar-refractivity contribution in [2.75, 3.05) is 5.73 Å². The fraction of sp³-hybridized carbons (Fsp3) is 0.500.